The average molecular weight is 333 g/mol. The molecule has 0 aliphatic carbocycles. The number of aliphatic hydroxyl groups excluding tert-OH is 1. The molecule has 0 saturated heterocycles. The first kappa shape index (κ1) is 19.0. The summed E-state index contributed by atoms with van der Waals surface area (Å²) < 4.78 is 11.1. The van der Waals surface area contributed by atoms with Crippen molar-refractivity contribution in [1.82, 2.24) is 4.90 Å². The minimum absolute atomic E-state index is 0.205. The normalized spacial score (nSPS) is 17.5. The summed E-state index contributed by atoms with van der Waals surface area (Å²) in [4.78, 5) is 2.27. The van der Waals surface area contributed by atoms with E-state index in [1.807, 2.05) is 39.8 Å². The lowest BCUT2D eigenvalue weighted by Gasteiger charge is -2.29. The first-order valence-corrected chi connectivity index (χ1v) is 8.84. The minimum atomic E-state index is -0.440. The van der Waals surface area contributed by atoms with Crippen LogP contribution < -0.4 is 4.74 Å². The third-order valence-corrected chi connectivity index (χ3v) is 4.01. The first-order valence-electron chi connectivity index (χ1n) is 8.84. The standard InChI is InChI=1S/C20H31NO3/c1-5-23-19-8-6-16(7-9-19)17-10-12-21(13-11-17)14-18(22)15-24-20(2,3)4/h6-10,18,22H,5,11-15H2,1-4H3. The van der Waals surface area contributed by atoms with Gasteiger partial charge in [-0.1, -0.05) is 18.2 Å². The summed E-state index contributed by atoms with van der Waals surface area (Å²) in [6.07, 6.45) is 2.82. The Morgan fingerprint density at radius 1 is 1.21 bits per heavy atom. The summed E-state index contributed by atoms with van der Waals surface area (Å²) in [6.45, 7) is 11.6. The van der Waals surface area contributed by atoms with Crippen LogP contribution in [0.5, 0.6) is 5.75 Å². The summed E-state index contributed by atoms with van der Waals surface area (Å²) in [7, 11) is 0. The summed E-state index contributed by atoms with van der Waals surface area (Å²) in [6, 6.07) is 8.30. The maximum atomic E-state index is 10.1. The van der Waals surface area contributed by atoms with E-state index in [-0.39, 0.29) is 5.60 Å². The second-order valence-corrected chi connectivity index (χ2v) is 7.27. The van der Waals surface area contributed by atoms with Crippen LogP contribution in [0.4, 0.5) is 0 Å². The van der Waals surface area contributed by atoms with E-state index in [1.54, 1.807) is 0 Å². The van der Waals surface area contributed by atoms with Crippen molar-refractivity contribution in [3.63, 3.8) is 0 Å². The fourth-order valence-corrected chi connectivity index (χ4v) is 2.77. The van der Waals surface area contributed by atoms with Gasteiger partial charge < -0.3 is 14.6 Å². The molecule has 0 aromatic heterocycles. The summed E-state index contributed by atoms with van der Waals surface area (Å²) >= 11 is 0. The molecular weight excluding hydrogens is 302 g/mol. The van der Waals surface area contributed by atoms with Crippen LogP contribution in [0, 0.1) is 0 Å². The SMILES string of the molecule is CCOc1ccc(C2=CCN(CC(O)COC(C)(C)C)CC2)cc1. The highest BCUT2D eigenvalue weighted by Gasteiger charge is 2.18. The zero-order valence-electron chi connectivity index (χ0n) is 15.4. The Morgan fingerprint density at radius 2 is 1.92 bits per heavy atom. The van der Waals surface area contributed by atoms with Gasteiger partial charge in [0, 0.05) is 19.6 Å². The van der Waals surface area contributed by atoms with Gasteiger partial charge in [0.1, 0.15) is 5.75 Å². The maximum absolute atomic E-state index is 10.1. The zero-order chi connectivity index (χ0) is 17.6. The van der Waals surface area contributed by atoms with Crippen LogP contribution in [0.3, 0.4) is 0 Å². The van der Waals surface area contributed by atoms with E-state index in [9.17, 15) is 5.11 Å². The van der Waals surface area contributed by atoms with Crippen molar-refractivity contribution in [3.8, 4) is 5.75 Å². The summed E-state index contributed by atoms with van der Waals surface area (Å²) in [5, 5.41) is 10.1. The molecule has 134 valence electrons. The molecule has 4 heteroatoms. The first-order chi connectivity index (χ1) is 11.4. The van der Waals surface area contributed by atoms with Gasteiger partial charge in [-0.15, -0.1) is 0 Å². The molecule has 0 amide bonds. The number of benzene rings is 1. The van der Waals surface area contributed by atoms with Gasteiger partial charge in [-0.25, -0.2) is 0 Å². The van der Waals surface area contributed by atoms with Gasteiger partial charge in [-0.05, 0) is 57.4 Å². The fourth-order valence-electron chi connectivity index (χ4n) is 2.77. The lowest BCUT2D eigenvalue weighted by atomic mass is 9.99. The van der Waals surface area contributed by atoms with E-state index in [4.69, 9.17) is 9.47 Å². The van der Waals surface area contributed by atoms with Gasteiger partial charge in [-0.3, -0.25) is 4.90 Å². The van der Waals surface area contributed by atoms with Crippen molar-refractivity contribution in [2.45, 2.75) is 45.8 Å². The summed E-state index contributed by atoms with van der Waals surface area (Å²) in [5.74, 6) is 0.918. The third kappa shape index (κ3) is 6.27. The van der Waals surface area contributed by atoms with Crippen molar-refractivity contribution in [3.05, 3.63) is 35.9 Å². The zero-order valence-corrected chi connectivity index (χ0v) is 15.4. The Balaban J connectivity index is 1.82. The molecule has 1 unspecified atom stereocenters. The molecule has 0 saturated carbocycles. The van der Waals surface area contributed by atoms with E-state index in [0.29, 0.717) is 19.8 Å². The third-order valence-electron chi connectivity index (χ3n) is 4.01. The highest BCUT2D eigenvalue weighted by molar-refractivity contribution is 5.67. The summed E-state index contributed by atoms with van der Waals surface area (Å²) in [5.41, 5.74) is 2.42. The molecule has 4 nitrogen and oxygen atoms in total. The Hall–Kier alpha value is -1.36. The lowest BCUT2D eigenvalue weighted by molar-refractivity contribution is -0.0554. The van der Waals surface area contributed by atoms with Gasteiger partial charge >= 0.3 is 0 Å². The smallest absolute Gasteiger partial charge is 0.119 e. The molecule has 1 N–H and O–H groups in total. The molecule has 0 bridgehead atoms. The van der Waals surface area contributed by atoms with Crippen LogP contribution in [0.25, 0.3) is 5.57 Å². The van der Waals surface area contributed by atoms with Gasteiger partial charge in [0.2, 0.25) is 0 Å². The average Bonchev–Trinajstić information content (AvgIpc) is 2.54. The topological polar surface area (TPSA) is 41.9 Å². The van der Waals surface area contributed by atoms with E-state index >= 15 is 0 Å². The predicted octanol–water partition coefficient (Wildman–Crippen LogP) is 3.35. The minimum Gasteiger partial charge on any atom is -0.494 e. The number of rotatable bonds is 7. The molecule has 1 aromatic rings. The van der Waals surface area contributed by atoms with E-state index in [0.717, 1.165) is 25.3 Å². The Labute approximate surface area is 146 Å². The molecule has 0 spiro atoms. The van der Waals surface area contributed by atoms with Crippen LogP contribution in [0.15, 0.2) is 30.3 Å². The number of nitrogens with zero attached hydrogens (tertiary/aromatic N) is 1. The number of hydrogen-bond donors (Lipinski definition) is 1. The second-order valence-electron chi connectivity index (χ2n) is 7.27. The van der Waals surface area contributed by atoms with Crippen molar-refractivity contribution in [2.75, 3.05) is 32.8 Å². The molecule has 1 aromatic carbocycles. The van der Waals surface area contributed by atoms with Crippen LogP contribution in [-0.4, -0.2) is 54.6 Å². The predicted molar refractivity (Wildman–Crippen MR) is 98.4 cm³/mol. The van der Waals surface area contributed by atoms with Gasteiger partial charge in [0.15, 0.2) is 0 Å². The monoisotopic (exact) mass is 333 g/mol. The number of ether oxygens (including phenoxy) is 2. The van der Waals surface area contributed by atoms with Crippen molar-refractivity contribution < 1.29 is 14.6 Å². The van der Waals surface area contributed by atoms with Crippen LogP contribution in [0.1, 0.15) is 39.7 Å². The molecule has 24 heavy (non-hydrogen) atoms. The van der Waals surface area contributed by atoms with E-state index in [2.05, 4.69) is 23.1 Å². The fraction of sp³-hybridized carbons (Fsp3) is 0.600. The van der Waals surface area contributed by atoms with Gasteiger partial charge in [0.25, 0.3) is 0 Å². The number of hydrogen-bond acceptors (Lipinski definition) is 4. The molecule has 0 radical (unpaired) electrons. The maximum Gasteiger partial charge on any atom is 0.119 e. The van der Waals surface area contributed by atoms with Gasteiger partial charge in [0.05, 0.1) is 24.9 Å². The van der Waals surface area contributed by atoms with Crippen molar-refractivity contribution in [1.29, 1.82) is 0 Å². The molecule has 1 aliphatic rings. The van der Waals surface area contributed by atoms with Gasteiger partial charge in [-0.2, -0.15) is 0 Å². The molecular formula is C20H31NO3. The van der Waals surface area contributed by atoms with Crippen LogP contribution >= 0.6 is 0 Å². The van der Waals surface area contributed by atoms with Crippen LogP contribution in [-0.2, 0) is 4.74 Å². The second kappa shape index (κ2) is 8.65. The number of β-amino-alcohol motifs (C(OH)–C–C–N with tert-alkyl or cyclic N) is 1. The molecule has 1 aliphatic heterocycles. The van der Waals surface area contributed by atoms with Crippen LogP contribution in [0.2, 0.25) is 0 Å². The Morgan fingerprint density at radius 3 is 2.46 bits per heavy atom. The molecule has 1 atom stereocenters. The highest BCUT2D eigenvalue weighted by Crippen LogP contribution is 2.24. The quantitative estimate of drug-likeness (QED) is 0.831. The highest BCUT2D eigenvalue weighted by atomic mass is 16.5. The van der Waals surface area contributed by atoms with Crippen molar-refractivity contribution in [2.24, 2.45) is 0 Å². The molecule has 1 heterocycles. The van der Waals surface area contributed by atoms with E-state index in [1.165, 1.54) is 11.1 Å². The van der Waals surface area contributed by atoms with Crippen molar-refractivity contribution >= 4 is 5.57 Å². The Bertz CT molecular complexity index is 531. The van der Waals surface area contributed by atoms with E-state index < -0.39 is 6.10 Å². The number of aliphatic hydroxyl groups is 1. The lowest BCUT2D eigenvalue weighted by Crippen LogP contribution is -2.38. The largest absolute Gasteiger partial charge is 0.494 e. The Kier molecular flexibility index (Phi) is 6.84. The molecule has 0 fully saturated rings. The molecule has 2 rings (SSSR count).